The summed E-state index contributed by atoms with van der Waals surface area (Å²) in [6.45, 7) is 0. The Hall–Kier alpha value is -2.81. The molecule has 2 heterocycles. The molecule has 1 aromatic carbocycles. The fourth-order valence-electron chi connectivity index (χ4n) is 5.01. The zero-order valence-corrected chi connectivity index (χ0v) is 19.1. The lowest BCUT2D eigenvalue weighted by molar-refractivity contribution is -0.140. The summed E-state index contributed by atoms with van der Waals surface area (Å²) in [5.74, 6) is 0.0127. The van der Waals surface area contributed by atoms with Gasteiger partial charge in [0.25, 0.3) is 0 Å². The molecule has 1 saturated carbocycles. The molecule has 3 N–H and O–H groups in total. The third-order valence-corrected chi connectivity index (χ3v) is 7.09. The molecule has 1 atom stereocenters. The number of anilines is 1. The van der Waals surface area contributed by atoms with E-state index >= 15 is 0 Å². The normalized spacial score (nSPS) is 22.9. The molecule has 1 unspecified atom stereocenters. The third-order valence-electron chi connectivity index (χ3n) is 6.85. The zero-order valence-electron chi connectivity index (χ0n) is 18.4. The summed E-state index contributed by atoms with van der Waals surface area (Å²) in [4.78, 5) is 24.0. The number of H-pyrrole nitrogens is 1. The largest absolute Gasteiger partial charge is 0.433 e. The number of nitrogens with one attached hydrogen (secondary N) is 3. The first-order valence-corrected chi connectivity index (χ1v) is 11.9. The van der Waals surface area contributed by atoms with E-state index in [1.807, 2.05) is 0 Å². The summed E-state index contributed by atoms with van der Waals surface area (Å²) in [5, 5.41) is 7.47. The predicted molar refractivity (Wildman–Crippen MR) is 124 cm³/mol. The van der Waals surface area contributed by atoms with Crippen LogP contribution in [0.15, 0.2) is 30.6 Å². The topological polar surface area (TPSA) is 82.7 Å². The summed E-state index contributed by atoms with van der Waals surface area (Å²) in [7, 11) is 0. The number of amides is 1. The van der Waals surface area contributed by atoms with Gasteiger partial charge in [0.1, 0.15) is 5.69 Å². The van der Waals surface area contributed by atoms with Gasteiger partial charge in [-0.1, -0.05) is 11.6 Å². The number of benzene rings is 1. The number of nitrogens with zero attached hydrogens (tertiary/aromatic N) is 2. The number of hydrogen-bond donors (Lipinski definition) is 3. The average Bonchev–Trinajstić information content (AvgIpc) is 3.28. The van der Waals surface area contributed by atoms with E-state index in [9.17, 15) is 18.0 Å². The van der Waals surface area contributed by atoms with Crippen molar-refractivity contribution in [2.75, 3.05) is 5.32 Å². The highest BCUT2D eigenvalue weighted by molar-refractivity contribution is 6.31. The van der Waals surface area contributed by atoms with Crippen molar-refractivity contribution < 1.29 is 18.0 Å². The minimum atomic E-state index is -4.54. The number of carbonyl (C=O) groups excluding carboxylic acids is 1. The number of pyridine rings is 1. The van der Waals surface area contributed by atoms with Gasteiger partial charge >= 0.3 is 6.18 Å². The highest BCUT2D eigenvalue weighted by Crippen LogP contribution is 2.35. The maximum atomic E-state index is 13.4. The molecule has 0 aliphatic heterocycles. The van der Waals surface area contributed by atoms with E-state index < -0.39 is 11.9 Å². The van der Waals surface area contributed by atoms with Crippen LogP contribution < -0.4 is 10.6 Å². The van der Waals surface area contributed by atoms with Crippen molar-refractivity contribution in [2.45, 2.75) is 63.2 Å². The van der Waals surface area contributed by atoms with Gasteiger partial charge in [0, 0.05) is 46.2 Å². The number of alkyl halides is 3. The Labute approximate surface area is 199 Å². The Morgan fingerprint density at radius 2 is 1.85 bits per heavy atom. The van der Waals surface area contributed by atoms with Crippen molar-refractivity contribution in [3.05, 3.63) is 52.7 Å². The molecule has 0 saturated heterocycles. The average molecular weight is 492 g/mol. The van der Waals surface area contributed by atoms with Crippen molar-refractivity contribution in [3.8, 4) is 0 Å². The van der Waals surface area contributed by atoms with Crippen LogP contribution in [0.25, 0.3) is 10.9 Å². The first-order chi connectivity index (χ1) is 16.3. The Balaban J connectivity index is 1.22. The second kappa shape index (κ2) is 9.09. The predicted octanol–water partition coefficient (Wildman–Crippen LogP) is 5.27. The third kappa shape index (κ3) is 4.85. The molecule has 0 bridgehead atoms. The lowest BCUT2D eigenvalue weighted by atomic mass is 9.87. The van der Waals surface area contributed by atoms with Crippen LogP contribution in [-0.4, -0.2) is 32.9 Å². The Kier molecular flexibility index (Phi) is 6.14. The highest BCUT2D eigenvalue weighted by atomic mass is 35.5. The van der Waals surface area contributed by atoms with Crippen LogP contribution in [0.2, 0.25) is 5.02 Å². The number of aromatic amines is 1. The van der Waals surface area contributed by atoms with Gasteiger partial charge in [-0.15, -0.1) is 0 Å². The van der Waals surface area contributed by atoms with Crippen LogP contribution in [0, 0.1) is 5.92 Å². The molecule has 2 aromatic heterocycles. The number of hydrogen-bond acceptors (Lipinski definition) is 4. The molecule has 2 aliphatic rings. The molecular formula is C24H25ClF3N5O. The molecule has 2 aliphatic carbocycles. The van der Waals surface area contributed by atoms with Gasteiger partial charge < -0.3 is 15.6 Å². The lowest BCUT2D eigenvalue weighted by Crippen LogP contribution is -2.43. The first kappa shape index (κ1) is 23.0. The first-order valence-electron chi connectivity index (χ1n) is 11.5. The second-order valence-electron chi connectivity index (χ2n) is 9.18. The molecule has 1 fully saturated rings. The van der Waals surface area contributed by atoms with Gasteiger partial charge in [-0.2, -0.15) is 13.2 Å². The van der Waals surface area contributed by atoms with E-state index in [-0.39, 0.29) is 29.4 Å². The maximum Gasteiger partial charge on any atom is 0.433 e. The van der Waals surface area contributed by atoms with Crippen LogP contribution in [0.3, 0.4) is 0 Å². The molecule has 6 nitrogen and oxygen atoms in total. The Morgan fingerprint density at radius 1 is 1.09 bits per heavy atom. The molecule has 180 valence electrons. The van der Waals surface area contributed by atoms with Gasteiger partial charge in [-0.25, -0.2) is 9.97 Å². The van der Waals surface area contributed by atoms with Crippen molar-refractivity contribution in [1.82, 2.24) is 20.3 Å². The van der Waals surface area contributed by atoms with Gasteiger partial charge in [0.15, 0.2) is 0 Å². The number of rotatable bonds is 4. The van der Waals surface area contributed by atoms with Gasteiger partial charge in [-0.05, 0) is 62.8 Å². The number of halogens is 4. The monoisotopic (exact) mass is 491 g/mol. The molecule has 3 aromatic rings. The number of imidazole rings is 1. The van der Waals surface area contributed by atoms with Gasteiger partial charge in [0.2, 0.25) is 5.91 Å². The SMILES string of the molecule is O=C(NC1CCC(Nc2cc(C(F)(F)F)nc3ccc(Cl)cc23)CC1)C1CCc2nc[nH]c2C1. The van der Waals surface area contributed by atoms with Crippen LogP contribution in [0.1, 0.15) is 49.2 Å². The van der Waals surface area contributed by atoms with E-state index in [0.717, 1.165) is 56.0 Å². The summed E-state index contributed by atoms with van der Waals surface area (Å²) in [6.07, 6.45) is 2.42. The lowest BCUT2D eigenvalue weighted by Gasteiger charge is -2.32. The van der Waals surface area contributed by atoms with Gasteiger partial charge in [0.05, 0.1) is 17.5 Å². The van der Waals surface area contributed by atoms with E-state index in [4.69, 9.17) is 11.6 Å². The van der Waals surface area contributed by atoms with E-state index in [0.29, 0.717) is 22.5 Å². The van der Waals surface area contributed by atoms with Crippen molar-refractivity contribution >= 4 is 34.1 Å². The molecule has 5 rings (SSSR count). The molecule has 1 amide bonds. The van der Waals surface area contributed by atoms with E-state index in [1.165, 1.54) is 12.1 Å². The molecular weight excluding hydrogens is 467 g/mol. The van der Waals surface area contributed by atoms with Crippen LogP contribution in [-0.2, 0) is 23.8 Å². The quantitative estimate of drug-likeness (QED) is 0.464. The standard InChI is InChI=1S/C24H25ClF3N5O/c25-14-2-8-18-17(10-14)20(11-22(33-18)24(26,27)28)31-15-3-5-16(6-4-15)32-23(34)13-1-7-19-21(9-13)30-12-29-19/h2,8,10-13,15-16H,1,3-7,9H2,(H,29,30)(H,31,33)(H,32,34). The number of carbonyl (C=O) groups is 1. The number of aryl methyl sites for hydroxylation is 1. The summed E-state index contributed by atoms with van der Waals surface area (Å²) in [6, 6.07) is 5.80. The highest BCUT2D eigenvalue weighted by Gasteiger charge is 2.34. The summed E-state index contributed by atoms with van der Waals surface area (Å²) < 4.78 is 40.1. The van der Waals surface area contributed by atoms with Crippen molar-refractivity contribution in [1.29, 1.82) is 0 Å². The minimum absolute atomic E-state index is 0.000972. The zero-order chi connectivity index (χ0) is 23.9. The second-order valence-corrected chi connectivity index (χ2v) is 9.62. The van der Waals surface area contributed by atoms with Crippen LogP contribution >= 0.6 is 11.6 Å². The fraction of sp³-hybridized carbons (Fsp3) is 0.458. The fourth-order valence-corrected chi connectivity index (χ4v) is 5.18. The number of fused-ring (bicyclic) bond motifs is 2. The van der Waals surface area contributed by atoms with E-state index in [1.54, 1.807) is 12.4 Å². The molecule has 10 heteroatoms. The molecule has 0 spiro atoms. The van der Waals surface area contributed by atoms with Gasteiger partial charge in [-0.3, -0.25) is 4.79 Å². The van der Waals surface area contributed by atoms with E-state index in [2.05, 4.69) is 25.6 Å². The smallest absolute Gasteiger partial charge is 0.382 e. The van der Waals surface area contributed by atoms with Crippen LogP contribution in [0.4, 0.5) is 18.9 Å². The minimum Gasteiger partial charge on any atom is -0.382 e. The maximum absolute atomic E-state index is 13.4. The Morgan fingerprint density at radius 3 is 2.62 bits per heavy atom. The molecule has 0 radical (unpaired) electrons. The Bertz CT molecular complexity index is 1200. The van der Waals surface area contributed by atoms with Crippen LogP contribution in [0.5, 0.6) is 0 Å². The number of aromatic nitrogens is 3. The summed E-state index contributed by atoms with van der Waals surface area (Å²) in [5.41, 5.74) is 1.79. The van der Waals surface area contributed by atoms with Crippen molar-refractivity contribution in [3.63, 3.8) is 0 Å². The van der Waals surface area contributed by atoms with Crippen molar-refractivity contribution in [2.24, 2.45) is 5.92 Å². The molecule has 34 heavy (non-hydrogen) atoms. The summed E-state index contributed by atoms with van der Waals surface area (Å²) >= 11 is 6.09.